The number of rotatable bonds is 3. The van der Waals surface area contributed by atoms with Crippen molar-refractivity contribution in [1.82, 2.24) is 20.2 Å². The lowest BCUT2D eigenvalue weighted by molar-refractivity contribution is 0.0826. The molecule has 3 rings (SSSR count). The standard InChI is InChI=1S/C13H14ClFN4O/c14-12-2-1-11(15)7-10(12)8-19-13(16-17-18-19)9-3-5-20-6-4-9/h1-2,7,9H,3-6,8H2. The Labute approximate surface area is 120 Å². The molecule has 2 heterocycles. The van der Waals surface area contributed by atoms with E-state index in [4.69, 9.17) is 16.3 Å². The summed E-state index contributed by atoms with van der Waals surface area (Å²) >= 11 is 6.08. The Kier molecular flexibility index (Phi) is 3.93. The third kappa shape index (κ3) is 2.81. The molecule has 106 valence electrons. The van der Waals surface area contributed by atoms with Crippen molar-refractivity contribution < 1.29 is 9.13 Å². The molecule has 0 radical (unpaired) electrons. The number of tetrazole rings is 1. The molecule has 1 saturated heterocycles. The van der Waals surface area contributed by atoms with Crippen LogP contribution in [0.1, 0.15) is 30.1 Å². The summed E-state index contributed by atoms with van der Waals surface area (Å²) in [6.45, 7) is 1.81. The van der Waals surface area contributed by atoms with Crippen molar-refractivity contribution in [3.8, 4) is 0 Å². The zero-order valence-corrected chi connectivity index (χ0v) is 11.6. The highest BCUT2D eigenvalue weighted by molar-refractivity contribution is 6.31. The van der Waals surface area contributed by atoms with Gasteiger partial charge in [-0.2, -0.15) is 0 Å². The van der Waals surface area contributed by atoms with Gasteiger partial charge in [0.25, 0.3) is 0 Å². The maximum absolute atomic E-state index is 13.3. The minimum Gasteiger partial charge on any atom is -0.381 e. The van der Waals surface area contributed by atoms with Crippen molar-refractivity contribution in [2.24, 2.45) is 0 Å². The molecular formula is C13H14ClFN4O. The van der Waals surface area contributed by atoms with E-state index in [9.17, 15) is 4.39 Å². The molecule has 1 fully saturated rings. The van der Waals surface area contributed by atoms with Crippen LogP contribution >= 0.6 is 11.6 Å². The molecule has 1 aromatic heterocycles. The smallest absolute Gasteiger partial charge is 0.154 e. The fraction of sp³-hybridized carbons (Fsp3) is 0.462. The van der Waals surface area contributed by atoms with Crippen molar-refractivity contribution in [1.29, 1.82) is 0 Å². The fourth-order valence-corrected chi connectivity index (χ4v) is 2.58. The van der Waals surface area contributed by atoms with Crippen LogP contribution in [0.25, 0.3) is 0 Å². The Morgan fingerprint density at radius 3 is 2.95 bits per heavy atom. The van der Waals surface area contributed by atoms with Gasteiger partial charge in [-0.15, -0.1) is 5.10 Å². The molecule has 1 aliphatic rings. The number of nitrogens with zero attached hydrogens (tertiary/aromatic N) is 4. The highest BCUT2D eigenvalue weighted by atomic mass is 35.5. The van der Waals surface area contributed by atoms with E-state index in [-0.39, 0.29) is 11.7 Å². The van der Waals surface area contributed by atoms with Crippen molar-refractivity contribution >= 4 is 11.6 Å². The second-order valence-electron chi connectivity index (χ2n) is 4.82. The predicted molar refractivity (Wildman–Crippen MR) is 71.1 cm³/mol. The van der Waals surface area contributed by atoms with E-state index >= 15 is 0 Å². The lowest BCUT2D eigenvalue weighted by atomic mass is 9.99. The van der Waals surface area contributed by atoms with Gasteiger partial charge < -0.3 is 4.74 Å². The van der Waals surface area contributed by atoms with Crippen LogP contribution in [0.5, 0.6) is 0 Å². The third-order valence-electron chi connectivity index (χ3n) is 3.47. The van der Waals surface area contributed by atoms with E-state index in [1.807, 2.05) is 0 Å². The van der Waals surface area contributed by atoms with Crippen LogP contribution in [0.3, 0.4) is 0 Å². The molecule has 0 unspecified atom stereocenters. The number of benzene rings is 1. The summed E-state index contributed by atoms with van der Waals surface area (Å²) in [4.78, 5) is 0. The van der Waals surface area contributed by atoms with E-state index in [2.05, 4.69) is 15.5 Å². The number of ether oxygens (including phenoxy) is 1. The van der Waals surface area contributed by atoms with Crippen molar-refractivity contribution in [2.45, 2.75) is 25.3 Å². The predicted octanol–water partition coefficient (Wildman–Crippen LogP) is 2.41. The summed E-state index contributed by atoms with van der Waals surface area (Å²) in [6.07, 6.45) is 1.80. The van der Waals surface area contributed by atoms with Gasteiger partial charge >= 0.3 is 0 Å². The van der Waals surface area contributed by atoms with Crippen molar-refractivity contribution in [2.75, 3.05) is 13.2 Å². The quantitative estimate of drug-likeness (QED) is 0.873. The van der Waals surface area contributed by atoms with Crippen LogP contribution in [0.2, 0.25) is 5.02 Å². The average Bonchev–Trinajstić information content (AvgIpc) is 2.92. The van der Waals surface area contributed by atoms with Gasteiger partial charge in [0.2, 0.25) is 0 Å². The molecule has 0 atom stereocenters. The van der Waals surface area contributed by atoms with E-state index in [0.717, 1.165) is 31.9 Å². The largest absolute Gasteiger partial charge is 0.381 e. The lowest BCUT2D eigenvalue weighted by Gasteiger charge is -2.21. The Bertz CT molecular complexity index is 598. The monoisotopic (exact) mass is 296 g/mol. The molecule has 0 bridgehead atoms. The van der Waals surface area contributed by atoms with Gasteiger partial charge in [-0.05, 0) is 47.0 Å². The van der Waals surface area contributed by atoms with Crippen LogP contribution in [-0.2, 0) is 11.3 Å². The second kappa shape index (κ2) is 5.85. The molecule has 1 aromatic carbocycles. The number of hydrogen-bond donors (Lipinski definition) is 0. The summed E-state index contributed by atoms with van der Waals surface area (Å²) in [6, 6.07) is 4.30. The Balaban J connectivity index is 1.84. The first-order valence-corrected chi connectivity index (χ1v) is 6.89. The Morgan fingerprint density at radius 1 is 1.35 bits per heavy atom. The Hall–Kier alpha value is -1.53. The second-order valence-corrected chi connectivity index (χ2v) is 5.22. The average molecular weight is 297 g/mol. The SMILES string of the molecule is Fc1ccc(Cl)c(Cn2nnnc2C2CCOCC2)c1. The van der Waals surface area contributed by atoms with Gasteiger partial charge in [-0.1, -0.05) is 11.6 Å². The lowest BCUT2D eigenvalue weighted by Crippen LogP contribution is -2.19. The molecular weight excluding hydrogens is 283 g/mol. The molecule has 7 heteroatoms. The van der Waals surface area contributed by atoms with Gasteiger partial charge in [-0.25, -0.2) is 9.07 Å². The number of aromatic nitrogens is 4. The molecule has 0 spiro atoms. The van der Waals surface area contributed by atoms with E-state index < -0.39 is 0 Å². The first-order chi connectivity index (χ1) is 9.74. The third-order valence-corrected chi connectivity index (χ3v) is 3.84. The first-order valence-electron chi connectivity index (χ1n) is 6.52. The minimum atomic E-state index is -0.315. The summed E-state index contributed by atoms with van der Waals surface area (Å²) < 4.78 is 20.3. The van der Waals surface area contributed by atoms with Gasteiger partial charge in [0, 0.05) is 24.2 Å². The molecule has 5 nitrogen and oxygen atoms in total. The summed E-state index contributed by atoms with van der Waals surface area (Å²) in [5, 5.41) is 12.3. The van der Waals surface area contributed by atoms with E-state index in [0.29, 0.717) is 17.1 Å². The van der Waals surface area contributed by atoms with Crippen LogP contribution < -0.4 is 0 Å². The van der Waals surface area contributed by atoms with Crippen LogP contribution in [0.15, 0.2) is 18.2 Å². The molecule has 0 N–H and O–H groups in total. The summed E-state index contributed by atoms with van der Waals surface area (Å²) in [5.74, 6) is 0.782. The summed E-state index contributed by atoms with van der Waals surface area (Å²) in [7, 11) is 0. The maximum atomic E-state index is 13.3. The normalized spacial score (nSPS) is 16.5. The molecule has 0 amide bonds. The van der Waals surface area contributed by atoms with Crippen molar-refractivity contribution in [3.63, 3.8) is 0 Å². The van der Waals surface area contributed by atoms with Gasteiger partial charge in [0.1, 0.15) is 5.82 Å². The van der Waals surface area contributed by atoms with Crippen LogP contribution in [-0.4, -0.2) is 33.4 Å². The first kappa shape index (κ1) is 13.5. The maximum Gasteiger partial charge on any atom is 0.154 e. The van der Waals surface area contributed by atoms with Crippen LogP contribution in [0, 0.1) is 5.82 Å². The molecule has 20 heavy (non-hydrogen) atoms. The van der Waals surface area contributed by atoms with E-state index in [1.54, 1.807) is 10.7 Å². The molecule has 0 aliphatic carbocycles. The number of halogens is 2. The molecule has 2 aromatic rings. The highest BCUT2D eigenvalue weighted by Gasteiger charge is 2.22. The Morgan fingerprint density at radius 2 is 2.15 bits per heavy atom. The topological polar surface area (TPSA) is 52.8 Å². The zero-order valence-electron chi connectivity index (χ0n) is 10.8. The molecule has 0 saturated carbocycles. The van der Waals surface area contributed by atoms with Gasteiger partial charge in [-0.3, -0.25) is 0 Å². The van der Waals surface area contributed by atoms with Crippen LogP contribution in [0.4, 0.5) is 4.39 Å². The van der Waals surface area contributed by atoms with Crippen molar-refractivity contribution in [3.05, 3.63) is 40.4 Å². The molecule has 1 aliphatic heterocycles. The van der Waals surface area contributed by atoms with E-state index in [1.165, 1.54) is 12.1 Å². The highest BCUT2D eigenvalue weighted by Crippen LogP contribution is 2.26. The number of hydrogen-bond acceptors (Lipinski definition) is 4. The van der Waals surface area contributed by atoms with Gasteiger partial charge in [0.05, 0.1) is 6.54 Å². The summed E-state index contributed by atoms with van der Waals surface area (Å²) in [5.41, 5.74) is 0.673. The van der Waals surface area contributed by atoms with Gasteiger partial charge in [0.15, 0.2) is 5.82 Å². The zero-order chi connectivity index (χ0) is 13.9. The fourth-order valence-electron chi connectivity index (χ4n) is 2.40. The minimum absolute atomic E-state index is 0.283.